The number of methoxy groups -OCH3 is 1. The molecule has 0 spiro atoms. The molecule has 9 heteroatoms. The standard InChI is InChI=1S/C23H34N2O6S/c1-22(2,3)30-20(27)24-14-17(32)12-18(24)19(26)25(21(28)31-23(4,5)6)13-15-8-10-16(29-7)11-9-15/h8-11,17-18,32H,12-14H2,1-7H3. The van der Waals surface area contributed by atoms with Crippen LogP contribution < -0.4 is 4.74 Å². The van der Waals surface area contributed by atoms with E-state index in [1.807, 2.05) is 0 Å². The van der Waals surface area contributed by atoms with Crippen LogP contribution in [0, 0.1) is 0 Å². The molecule has 1 fully saturated rings. The smallest absolute Gasteiger partial charge is 0.417 e. The Hall–Kier alpha value is -2.42. The van der Waals surface area contributed by atoms with E-state index in [1.165, 1.54) is 4.90 Å². The number of hydrogen-bond acceptors (Lipinski definition) is 7. The molecule has 0 bridgehead atoms. The van der Waals surface area contributed by atoms with Crippen LogP contribution in [0.25, 0.3) is 0 Å². The van der Waals surface area contributed by atoms with Gasteiger partial charge in [-0.05, 0) is 65.7 Å². The summed E-state index contributed by atoms with van der Waals surface area (Å²) in [6.07, 6.45) is -1.07. The highest BCUT2D eigenvalue weighted by Gasteiger charge is 2.44. The molecule has 0 aromatic heterocycles. The summed E-state index contributed by atoms with van der Waals surface area (Å²) < 4.78 is 16.1. The van der Waals surface area contributed by atoms with Crippen LogP contribution in [0.4, 0.5) is 9.59 Å². The molecule has 1 aliphatic heterocycles. The predicted octanol–water partition coefficient (Wildman–Crippen LogP) is 4.27. The third-order valence-electron chi connectivity index (χ3n) is 4.57. The summed E-state index contributed by atoms with van der Waals surface area (Å²) in [6, 6.07) is 6.16. The second kappa shape index (κ2) is 10.0. The lowest BCUT2D eigenvalue weighted by molar-refractivity contribution is -0.135. The van der Waals surface area contributed by atoms with E-state index in [2.05, 4.69) is 12.6 Å². The molecule has 1 saturated heterocycles. The number of hydrogen-bond donors (Lipinski definition) is 1. The second-order valence-corrected chi connectivity index (χ2v) is 10.5. The molecule has 1 heterocycles. The summed E-state index contributed by atoms with van der Waals surface area (Å²) in [7, 11) is 1.56. The van der Waals surface area contributed by atoms with Gasteiger partial charge in [0.15, 0.2) is 0 Å². The van der Waals surface area contributed by atoms with Crippen molar-refractivity contribution in [3.05, 3.63) is 29.8 Å². The first kappa shape index (κ1) is 25.8. The van der Waals surface area contributed by atoms with Crippen LogP contribution in [-0.4, -0.2) is 64.0 Å². The van der Waals surface area contributed by atoms with Crippen molar-refractivity contribution in [3.8, 4) is 5.75 Å². The Morgan fingerprint density at radius 1 is 1.03 bits per heavy atom. The number of benzene rings is 1. The third-order valence-corrected chi connectivity index (χ3v) is 4.95. The maximum Gasteiger partial charge on any atom is 0.417 e. The molecule has 1 aromatic rings. The lowest BCUT2D eigenvalue weighted by atomic mass is 10.1. The summed E-state index contributed by atoms with van der Waals surface area (Å²) >= 11 is 4.47. The van der Waals surface area contributed by atoms with E-state index < -0.39 is 35.3 Å². The van der Waals surface area contributed by atoms with Gasteiger partial charge in [-0.1, -0.05) is 12.1 Å². The second-order valence-electron chi connectivity index (χ2n) is 9.79. The molecule has 3 amide bonds. The van der Waals surface area contributed by atoms with Gasteiger partial charge in [0.05, 0.1) is 13.7 Å². The molecular formula is C23H34N2O6S. The maximum absolute atomic E-state index is 13.5. The summed E-state index contributed by atoms with van der Waals surface area (Å²) in [5, 5.41) is -0.210. The van der Waals surface area contributed by atoms with Gasteiger partial charge in [-0.15, -0.1) is 0 Å². The van der Waals surface area contributed by atoms with Crippen LogP contribution in [0.15, 0.2) is 24.3 Å². The van der Waals surface area contributed by atoms with Gasteiger partial charge in [-0.3, -0.25) is 9.69 Å². The summed E-state index contributed by atoms with van der Waals surface area (Å²) in [5.41, 5.74) is -0.788. The first-order valence-electron chi connectivity index (χ1n) is 10.5. The van der Waals surface area contributed by atoms with E-state index in [4.69, 9.17) is 14.2 Å². The largest absolute Gasteiger partial charge is 0.497 e. The molecule has 0 aliphatic carbocycles. The Bertz CT molecular complexity index is 828. The van der Waals surface area contributed by atoms with E-state index in [0.717, 1.165) is 4.90 Å². The van der Waals surface area contributed by atoms with Crippen molar-refractivity contribution < 1.29 is 28.6 Å². The van der Waals surface area contributed by atoms with E-state index >= 15 is 0 Å². The van der Waals surface area contributed by atoms with Gasteiger partial charge in [0.1, 0.15) is 23.0 Å². The fourth-order valence-electron chi connectivity index (χ4n) is 3.21. The zero-order chi connectivity index (χ0) is 24.3. The molecular weight excluding hydrogens is 432 g/mol. The summed E-state index contributed by atoms with van der Waals surface area (Å²) in [4.78, 5) is 41.6. The number of likely N-dealkylation sites (tertiary alicyclic amines) is 1. The van der Waals surface area contributed by atoms with Crippen molar-refractivity contribution in [1.82, 2.24) is 9.80 Å². The fourth-order valence-corrected chi connectivity index (χ4v) is 3.59. The lowest BCUT2D eigenvalue weighted by Gasteiger charge is -2.32. The van der Waals surface area contributed by atoms with Crippen molar-refractivity contribution in [2.75, 3.05) is 13.7 Å². The average molecular weight is 467 g/mol. The number of carbonyl (C=O) groups excluding carboxylic acids is 3. The fraction of sp³-hybridized carbons (Fsp3) is 0.609. The van der Waals surface area contributed by atoms with Gasteiger partial charge in [-0.2, -0.15) is 12.6 Å². The SMILES string of the molecule is COc1ccc(CN(C(=O)OC(C)(C)C)C(=O)C2CC(S)CN2C(=O)OC(C)(C)C)cc1. The minimum absolute atomic E-state index is 0.00631. The Kier molecular flexibility index (Phi) is 8.09. The molecule has 0 saturated carbocycles. The number of ether oxygens (including phenoxy) is 3. The molecule has 8 nitrogen and oxygen atoms in total. The van der Waals surface area contributed by atoms with Crippen LogP contribution in [-0.2, 0) is 20.8 Å². The van der Waals surface area contributed by atoms with Crippen LogP contribution >= 0.6 is 12.6 Å². The quantitative estimate of drug-likeness (QED) is 0.667. The molecule has 1 aliphatic rings. The molecule has 0 N–H and O–H groups in total. The lowest BCUT2D eigenvalue weighted by Crippen LogP contribution is -2.51. The van der Waals surface area contributed by atoms with Crippen molar-refractivity contribution in [2.45, 2.75) is 77.0 Å². The van der Waals surface area contributed by atoms with Gasteiger partial charge in [0.2, 0.25) is 0 Å². The van der Waals surface area contributed by atoms with Crippen molar-refractivity contribution in [2.24, 2.45) is 0 Å². The predicted molar refractivity (Wildman–Crippen MR) is 124 cm³/mol. The van der Waals surface area contributed by atoms with Gasteiger partial charge in [0.25, 0.3) is 5.91 Å². The Labute approximate surface area is 195 Å². The first-order chi connectivity index (χ1) is 14.7. The highest BCUT2D eigenvalue weighted by Crippen LogP contribution is 2.27. The molecule has 0 radical (unpaired) electrons. The normalized spacial score (nSPS) is 18.8. The summed E-state index contributed by atoms with van der Waals surface area (Å²) in [6.45, 7) is 10.7. The maximum atomic E-state index is 13.5. The molecule has 178 valence electrons. The van der Waals surface area contributed by atoms with E-state index in [9.17, 15) is 14.4 Å². The molecule has 2 unspecified atom stereocenters. The highest BCUT2D eigenvalue weighted by atomic mass is 32.1. The monoisotopic (exact) mass is 466 g/mol. The third kappa shape index (κ3) is 7.32. The minimum atomic E-state index is -0.877. The number of imide groups is 1. The zero-order valence-electron chi connectivity index (χ0n) is 19.9. The van der Waals surface area contributed by atoms with Crippen molar-refractivity contribution in [1.29, 1.82) is 0 Å². The number of thiol groups is 1. The number of rotatable bonds is 4. The Balaban J connectivity index is 2.31. The topological polar surface area (TPSA) is 85.4 Å². The molecule has 32 heavy (non-hydrogen) atoms. The number of amides is 3. The van der Waals surface area contributed by atoms with E-state index in [1.54, 1.807) is 72.9 Å². The minimum Gasteiger partial charge on any atom is -0.497 e. The molecule has 2 rings (SSSR count). The highest BCUT2D eigenvalue weighted by molar-refractivity contribution is 7.81. The number of nitrogens with zero attached hydrogens (tertiary/aromatic N) is 2. The van der Waals surface area contributed by atoms with Crippen LogP contribution in [0.2, 0.25) is 0 Å². The average Bonchev–Trinajstić information content (AvgIpc) is 3.05. The van der Waals surface area contributed by atoms with Gasteiger partial charge in [-0.25, -0.2) is 14.5 Å². The van der Waals surface area contributed by atoms with Crippen LogP contribution in [0.3, 0.4) is 0 Å². The van der Waals surface area contributed by atoms with Crippen molar-refractivity contribution >= 4 is 30.7 Å². The van der Waals surface area contributed by atoms with E-state index in [0.29, 0.717) is 17.7 Å². The van der Waals surface area contributed by atoms with Crippen molar-refractivity contribution in [3.63, 3.8) is 0 Å². The zero-order valence-corrected chi connectivity index (χ0v) is 20.8. The Morgan fingerprint density at radius 2 is 1.59 bits per heavy atom. The van der Waals surface area contributed by atoms with Crippen LogP contribution in [0.5, 0.6) is 5.75 Å². The van der Waals surface area contributed by atoms with Gasteiger partial charge >= 0.3 is 12.2 Å². The Morgan fingerprint density at radius 3 is 2.09 bits per heavy atom. The van der Waals surface area contributed by atoms with Crippen LogP contribution in [0.1, 0.15) is 53.5 Å². The van der Waals surface area contributed by atoms with E-state index in [-0.39, 0.29) is 18.3 Å². The summed E-state index contributed by atoms with van der Waals surface area (Å²) in [5.74, 6) is 0.131. The molecule has 2 atom stereocenters. The first-order valence-corrected chi connectivity index (χ1v) is 11.1. The number of carbonyl (C=O) groups is 3. The molecule has 1 aromatic carbocycles. The van der Waals surface area contributed by atoms with Gasteiger partial charge in [0, 0.05) is 11.8 Å². The van der Waals surface area contributed by atoms with Gasteiger partial charge < -0.3 is 14.2 Å².